The number of benzene rings is 1. The summed E-state index contributed by atoms with van der Waals surface area (Å²) in [5.41, 5.74) is 0.550. The molecular formula is C13H13ClN2O3. The molecule has 0 atom stereocenters. The molecule has 2 rings (SSSR count). The van der Waals surface area contributed by atoms with Gasteiger partial charge >= 0.3 is 0 Å². The molecule has 0 aliphatic carbocycles. The number of ether oxygens (including phenoxy) is 2. The monoisotopic (exact) mass is 280 g/mol. The summed E-state index contributed by atoms with van der Waals surface area (Å²) in [6, 6.07) is 7.38. The van der Waals surface area contributed by atoms with Crippen molar-refractivity contribution >= 4 is 11.6 Å². The zero-order valence-corrected chi connectivity index (χ0v) is 11.3. The molecule has 0 N–H and O–H groups in total. The van der Waals surface area contributed by atoms with E-state index in [2.05, 4.69) is 5.10 Å². The summed E-state index contributed by atoms with van der Waals surface area (Å²) in [7, 11) is 3.04. The highest BCUT2D eigenvalue weighted by atomic mass is 35.5. The van der Waals surface area contributed by atoms with Crippen molar-refractivity contribution in [3.05, 3.63) is 51.4 Å². The van der Waals surface area contributed by atoms with E-state index in [4.69, 9.17) is 21.1 Å². The average molecular weight is 281 g/mol. The van der Waals surface area contributed by atoms with Crippen molar-refractivity contribution in [1.29, 1.82) is 0 Å². The fourth-order valence-corrected chi connectivity index (χ4v) is 1.83. The Hall–Kier alpha value is -2.01. The molecule has 0 saturated heterocycles. The molecule has 0 fully saturated rings. The lowest BCUT2D eigenvalue weighted by Crippen LogP contribution is -2.24. The van der Waals surface area contributed by atoms with Crippen molar-refractivity contribution < 1.29 is 9.47 Å². The van der Waals surface area contributed by atoms with Gasteiger partial charge in [-0.3, -0.25) is 4.79 Å². The highest BCUT2D eigenvalue weighted by molar-refractivity contribution is 6.31. The fraction of sp³-hybridized carbons (Fsp3) is 0.231. The van der Waals surface area contributed by atoms with Gasteiger partial charge in [0.05, 0.1) is 27.0 Å². The van der Waals surface area contributed by atoms with E-state index in [0.29, 0.717) is 6.54 Å². The van der Waals surface area contributed by atoms with Crippen LogP contribution in [-0.4, -0.2) is 24.0 Å². The molecule has 0 amide bonds. The van der Waals surface area contributed by atoms with Crippen LogP contribution in [0.2, 0.25) is 5.02 Å². The van der Waals surface area contributed by atoms with Gasteiger partial charge < -0.3 is 9.47 Å². The van der Waals surface area contributed by atoms with Crippen molar-refractivity contribution in [2.24, 2.45) is 0 Å². The topological polar surface area (TPSA) is 53.4 Å². The van der Waals surface area contributed by atoms with Gasteiger partial charge in [-0.2, -0.15) is 5.10 Å². The first kappa shape index (κ1) is 13.4. The van der Waals surface area contributed by atoms with Crippen LogP contribution >= 0.6 is 11.6 Å². The second-order valence-electron chi connectivity index (χ2n) is 3.84. The first-order valence-corrected chi connectivity index (χ1v) is 5.96. The minimum absolute atomic E-state index is 0.0333. The molecule has 1 heterocycles. The fourth-order valence-electron chi connectivity index (χ4n) is 1.61. The van der Waals surface area contributed by atoms with Crippen molar-refractivity contribution in [2.45, 2.75) is 6.54 Å². The van der Waals surface area contributed by atoms with E-state index in [1.54, 1.807) is 7.11 Å². The second-order valence-corrected chi connectivity index (χ2v) is 4.22. The van der Waals surface area contributed by atoms with Gasteiger partial charge in [-0.15, -0.1) is 0 Å². The summed E-state index contributed by atoms with van der Waals surface area (Å²) in [6.07, 6.45) is 1.42. The normalized spacial score (nSPS) is 10.3. The van der Waals surface area contributed by atoms with E-state index in [1.807, 2.05) is 24.3 Å². The molecule has 1 aromatic carbocycles. The van der Waals surface area contributed by atoms with Gasteiger partial charge in [0, 0.05) is 0 Å². The molecule has 100 valence electrons. The molecule has 2 aromatic rings. The molecule has 0 spiro atoms. The van der Waals surface area contributed by atoms with Gasteiger partial charge in [-0.05, 0) is 17.7 Å². The number of hydrogen-bond donors (Lipinski definition) is 0. The molecular weight excluding hydrogens is 268 g/mol. The highest BCUT2D eigenvalue weighted by Crippen LogP contribution is 2.17. The van der Waals surface area contributed by atoms with Crippen LogP contribution in [-0.2, 0) is 6.54 Å². The summed E-state index contributed by atoms with van der Waals surface area (Å²) >= 11 is 5.89. The van der Waals surface area contributed by atoms with Crippen LogP contribution < -0.4 is 15.0 Å². The van der Waals surface area contributed by atoms with Crippen molar-refractivity contribution in [3.63, 3.8) is 0 Å². The molecule has 0 radical (unpaired) electrons. The van der Waals surface area contributed by atoms with Crippen LogP contribution in [0.1, 0.15) is 5.56 Å². The van der Waals surface area contributed by atoms with Gasteiger partial charge in [0.25, 0.3) is 5.56 Å². The zero-order valence-electron chi connectivity index (χ0n) is 10.6. The Morgan fingerprint density at radius 1 is 1.21 bits per heavy atom. The second kappa shape index (κ2) is 5.75. The number of hydrogen-bond acceptors (Lipinski definition) is 4. The lowest BCUT2D eigenvalue weighted by atomic mass is 10.2. The molecule has 0 unspecified atom stereocenters. The lowest BCUT2D eigenvalue weighted by molar-refractivity contribution is 0.407. The van der Waals surface area contributed by atoms with Crippen LogP contribution in [0.25, 0.3) is 0 Å². The Kier molecular flexibility index (Phi) is 4.06. The minimum atomic E-state index is -0.378. The Bertz CT molecular complexity index is 623. The number of rotatable bonds is 4. The number of halogens is 1. The number of methoxy groups -OCH3 is 2. The predicted octanol–water partition coefficient (Wildman–Crippen LogP) is 1.96. The largest absolute Gasteiger partial charge is 0.497 e. The van der Waals surface area contributed by atoms with E-state index < -0.39 is 0 Å². The van der Waals surface area contributed by atoms with E-state index in [-0.39, 0.29) is 16.3 Å². The zero-order chi connectivity index (χ0) is 13.8. The Morgan fingerprint density at radius 2 is 1.89 bits per heavy atom. The van der Waals surface area contributed by atoms with E-state index in [0.717, 1.165) is 11.3 Å². The van der Waals surface area contributed by atoms with Crippen molar-refractivity contribution in [2.75, 3.05) is 14.2 Å². The number of nitrogens with zero attached hydrogens (tertiary/aromatic N) is 2. The maximum atomic E-state index is 11.9. The van der Waals surface area contributed by atoms with Gasteiger partial charge in [-0.1, -0.05) is 23.7 Å². The van der Waals surface area contributed by atoms with E-state index in [1.165, 1.54) is 18.0 Å². The lowest BCUT2D eigenvalue weighted by Gasteiger charge is -2.08. The molecule has 19 heavy (non-hydrogen) atoms. The average Bonchev–Trinajstić information content (AvgIpc) is 2.45. The third kappa shape index (κ3) is 2.88. The summed E-state index contributed by atoms with van der Waals surface area (Å²) in [5.74, 6) is 1.04. The summed E-state index contributed by atoms with van der Waals surface area (Å²) in [6.45, 7) is 0.340. The third-order valence-electron chi connectivity index (χ3n) is 2.66. The van der Waals surface area contributed by atoms with Gasteiger partial charge in [0.2, 0.25) is 0 Å². The SMILES string of the molecule is COc1ccc(Cn2ncc(OC)c(Cl)c2=O)cc1. The standard InChI is InChI=1S/C13H13ClN2O3/c1-18-10-5-3-9(4-6-10)8-16-13(17)12(14)11(19-2)7-15-16/h3-7H,8H2,1-2H3. The first-order valence-electron chi connectivity index (χ1n) is 5.58. The Balaban J connectivity index is 2.28. The van der Waals surface area contributed by atoms with Crippen LogP contribution in [0, 0.1) is 0 Å². The maximum absolute atomic E-state index is 11.9. The molecule has 6 heteroatoms. The van der Waals surface area contributed by atoms with Crippen LogP contribution in [0.5, 0.6) is 11.5 Å². The summed E-state index contributed by atoms with van der Waals surface area (Å²) < 4.78 is 11.3. The first-order chi connectivity index (χ1) is 9.15. The van der Waals surface area contributed by atoms with Crippen LogP contribution in [0.3, 0.4) is 0 Å². The highest BCUT2D eigenvalue weighted by Gasteiger charge is 2.09. The van der Waals surface area contributed by atoms with Crippen LogP contribution in [0.15, 0.2) is 35.3 Å². The predicted molar refractivity (Wildman–Crippen MR) is 72.2 cm³/mol. The van der Waals surface area contributed by atoms with Crippen molar-refractivity contribution in [3.8, 4) is 11.5 Å². The molecule has 1 aromatic heterocycles. The smallest absolute Gasteiger partial charge is 0.289 e. The van der Waals surface area contributed by atoms with Crippen LogP contribution in [0.4, 0.5) is 0 Å². The molecule has 0 bridgehead atoms. The van der Waals surface area contributed by atoms with Gasteiger partial charge in [0.1, 0.15) is 5.75 Å². The quantitative estimate of drug-likeness (QED) is 0.859. The third-order valence-corrected chi connectivity index (χ3v) is 3.01. The molecule has 0 aliphatic rings. The van der Waals surface area contributed by atoms with E-state index >= 15 is 0 Å². The number of aromatic nitrogens is 2. The Morgan fingerprint density at radius 3 is 2.47 bits per heavy atom. The van der Waals surface area contributed by atoms with Gasteiger partial charge in [0.15, 0.2) is 10.8 Å². The Labute approximate surface area is 115 Å². The molecule has 5 nitrogen and oxygen atoms in total. The molecule has 0 aliphatic heterocycles. The van der Waals surface area contributed by atoms with Crippen molar-refractivity contribution in [1.82, 2.24) is 9.78 Å². The minimum Gasteiger partial charge on any atom is -0.497 e. The van der Waals surface area contributed by atoms with E-state index in [9.17, 15) is 4.79 Å². The molecule has 0 saturated carbocycles. The maximum Gasteiger partial charge on any atom is 0.289 e. The van der Waals surface area contributed by atoms with Gasteiger partial charge in [-0.25, -0.2) is 4.68 Å². The summed E-state index contributed by atoms with van der Waals surface area (Å²) in [5, 5.41) is 4.04. The summed E-state index contributed by atoms with van der Waals surface area (Å²) in [4.78, 5) is 11.9.